The molecule has 1 aliphatic rings. The van der Waals surface area contributed by atoms with Crippen molar-refractivity contribution < 1.29 is 19.4 Å². The lowest BCUT2D eigenvalue weighted by atomic mass is 10.2. The van der Waals surface area contributed by atoms with Gasteiger partial charge in [0.05, 0.1) is 27.7 Å². The number of benzene rings is 2. The Hall–Kier alpha value is -2.58. The van der Waals surface area contributed by atoms with E-state index >= 15 is 0 Å². The molecule has 1 heterocycles. The van der Waals surface area contributed by atoms with Crippen molar-refractivity contribution in [3.05, 3.63) is 63.0 Å². The standard InChI is InChI=1S/C20H17BrN2O4S/c1-3-23-18(24)17(11-12-4-9-16(27-2)15(21)10-12)28-20(23)22-14-7-5-13(6-8-14)19(25)26/h4-11H,3H2,1-2H3,(H,25,26)/b17-11-,22-20?. The lowest BCUT2D eigenvalue weighted by molar-refractivity contribution is -0.122. The molecule has 6 nitrogen and oxygen atoms in total. The molecule has 28 heavy (non-hydrogen) atoms. The first-order chi connectivity index (χ1) is 13.4. The summed E-state index contributed by atoms with van der Waals surface area (Å²) in [5.41, 5.74) is 1.65. The van der Waals surface area contributed by atoms with Crippen LogP contribution in [0.3, 0.4) is 0 Å². The summed E-state index contributed by atoms with van der Waals surface area (Å²) < 4.78 is 6.03. The molecule has 0 bridgehead atoms. The van der Waals surface area contributed by atoms with Crippen LogP contribution >= 0.6 is 27.7 Å². The first-order valence-electron chi connectivity index (χ1n) is 8.40. The number of carbonyl (C=O) groups is 2. The van der Waals surface area contributed by atoms with E-state index in [1.165, 1.54) is 23.9 Å². The van der Waals surface area contributed by atoms with Crippen molar-refractivity contribution in [2.24, 2.45) is 4.99 Å². The van der Waals surface area contributed by atoms with Gasteiger partial charge in [0.2, 0.25) is 0 Å². The Kier molecular flexibility index (Phi) is 6.21. The van der Waals surface area contributed by atoms with Crippen LogP contribution in [0.1, 0.15) is 22.8 Å². The highest BCUT2D eigenvalue weighted by Gasteiger charge is 2.32. The summed E-state index contributed by atoms with van der Waals surface area (Å²) in [6.07, 6.45) is 1.82. The number of hydrogen-bond donors (Lipinski definition) is 1. The van der Waals surface area contributed by atoms with Gasteiger partial charge in [-0.15, -0.1) is 0 Å². The molecule has 1 saturated heterocycles. The highest BCUT2D eigenvalue weighted by molar-refractivity contribution is 9.10. The van der Waals surface area contributed by atoms with Crippen LogP contribution < -0.4 is 4.74 Å². The van der Waals surface area contributed by atoms with Gasteiger partial charge in [-0.25, -0.2) is 9.79 Å². The fourth-order valence-corrected chi connectivity index (χ4v) is 4.20. The van der Waals surface area contributed by atoms with Gasteiger partial charge in [-0.3, -0.25) is 9.69 Å². The van der Waals surface area contributed by atoms with Crippen LogP contribution in [0.15, 0.2) is 56.8 Å². The number of hydrogen-bond acceptors (Lipinski definition) is 5. The molecule has 1 aliphatic heterocycles. The Bertz CT molecular complexity index is 986. The van der Waals surface area contributed by atoms with E-state index in [0.29, 0.717) is 22.3 Å². The normalized spacial score (nSPS) is 16.8. The number of likely N-dealkylation sites (N-methyl/N-ethyl adjacent to an activating group) is 1. The molecule has 1 fully saturated rings. The molecule has 144 valence electrons. The second kappa shape index (κ2) is 8.62. The van der Waals surface area contributed by atoms with Crippen LogP contribution in [-0.4, -0.2) is 40.7 Å². The average Bonchev–Trinajstić information content (AvgIpc) is 2.96. The van der Waals surface area contributed by atoms with Crippen LogP contribution in [0.2, 0.25) is 0 Å². The molecule has 0 radical (unpaired) electrons. The van der Waals surface area contributed by atoms with Gasteiger partial charge in [-0.2, -0.15) is 0 Å². The van der Waals surface area contributed by atoms with E-state index in [1.54, 1.807) is 24.1 Å². The predicted molar refractivity (Wildman–Crippen MR) is 114 cm³/mol. The topological polar surface area (TPSA) is 79.2 Å². The number of ether oxygens (including phenoxy) is 1. The lowest BCUT2D eigenvalue weighted by Crippen LogP contribution is -2.28. The molecule has 2 aromatic rings. The Morgan fingerprint density at radius 1 is 1.29 bits per heavy atom. The molecule has 0 aromatic heterocycles. The number of rotatable bonds is 5. The number of carboxylic acids is 1. The maximum atomic E-state index is 12.7. The van der Waals surface area contributed by atoms with Crippen LogP contribution in [0.25, 0.3) is 6.08 Å². The van der Waals surface area contributed by atoms with Gasteiger partial charge >= 0.3 is 5.97 Å². The Morgan fingerprint density at radius 2 is 2.00 bits per heavy atom. The Morgan fingerprint density at radius 3 is 2.57 bits per heavy atom. The molecule has 1 N–H and O–H groups in total. The van der Waals surface area contributed by atoms with Crippen molar-refractivity contribution in [3.8, 4) is 5.75 Å². The number of amides is 1. The zero-order valence-electron chi connectivity index (χ0n) is 15.2. The number of aromatic carboxylic acids is 1. The molecule has 8 heteroatoms. The Labute approximate surface area is 175 Å². The van der Waals surface area contributed by atoms with E-state index in [9.17, 15) is 9.59 Å². The first-order valence-corrected chi connectivity index (χ1v) is 10.0. The molecule has 0 saturated carbocycles. The van der Waals surface area contributed by atoms with Gasteiger partial charge in [-0.05, 0) is 82.7 Å². The summed E-state index contributed by atoms with van der Waals surface area (Å²) in [5, 5.41) is 9.55. The minimum absolute atomic E-state index is 0.111. The highest BCUT2D eigenvalue weighted by Crippen LogP contribution is 2.35. The van der Waals surface area contributed by atoms with E-state index in [2.05, 4.69) is 20.9 Å². The van der Waals surface area contributed by atoms with Crippen LogP contribution in [0.5, 0.6) is 5.75 Å². The van der Waals surface area contributed by atoms with Gasteiger partial charge in [0.15, 0.2) is 5.17 Å². The monoisotopic (exact) mass is 460 g/mol. The fourth-order valence-electron chi connectivity index (χ4n) is 2.58. The maximum absolute atomic E-state index is 12.7. The predicted octanol–water partition coefficient (Wildman–Crippen LogP) is 4.78. The number of amidine groups is 1. The fraction of sp³-hybridized carbons (Fsp3) is 0.150. The van der Waals surface area contributed by atoms with Crippen molar-refractivity contribution in [1.82, 2.24) is 4.90 Å². The number of thioether (sulfide) groups is 1. The third kappa shape index (κ3) is 4.28. The summed E-state index contributed by atoms with van der Waals surface area (Å²) in [5.74, 6) is -0.383. The minimum atomic E-state index is -0.990. The second-order valence-corrected chi connectivity index (χ2v) is 7.66. The third-order valence-corrected chi connectivity index (χ3v) is 5.64. The van der Waals surface area contributed by atoms with E-state index in [1.807, 2.05) is 31.2 Å². The minimum Gasteiger partial charge on any atom is -0.496 e. The van der Waals surface area contributed by atoms with Crippen molar-refractivity contribution in [3.63, 3.8) is 0 Å². The summed E-state index contributed by atoms with van der Waals surface area (Å²) in [4.78, 5) is 30.4. The number of carbonyl (C=O) groups excluding carboxylic acids is 1. The van der Waals surface area contributed by atoms with E-state index in [-0.39, 0.29) is 11.5 Å². The van der Waals surface area contributed by atoms with Gasteiger partial charge in [0.25, 0.3) is 5.91 Å². The van der Waals surface area contributed by atoms with Gasteiger partial charge in [-0.1, -0.05) is 6.07 Å². The van der Waals surface area contributed by atoms with E-state index < -0.39 is 5.97 Å². The molecule has 0 atom stereocenters. The maximum Gasteiger partial charge on any atom is 0.335 e. The second-order valence-electron chi connectivity index (χ2n) is 5.80. The molecule has 0 aliphatic carbocycles. The number of carboxylic acid groups (broad SMARTS) is 1. The quantitative estimate of drug-likeness (QED) is 0.649. The lowest BCUT2D eigenvalue weighted by Gasteiger charge is -2.12. The third-order valence-electron chi connectivity index (χ3n) is 4.02. The number of aliphatic imine (C=N–C) groups is 1. The smallest absolute Gasteiger partial charge is 0.335 e. The van der Waals surface area contributed by atoms with E-state index in [4.69, 9.17) is 9.84 Å². The molecular formula is C20H17BrN2O4S. The number of halogens is 1. The van der Waals surface area contributed by atoms with Crippen LogP contribution in [0.4, 0.5) is 5.69 Å². The SMILES string of the molecule is CCN1C(=O)/C(=C/c2ccc(OC)c(Br)c2)SC1=Nc1ccc(C(=O)O)cc1. The van der Waals surface area contributed by atoms with Crippen molar-refractivity contribution >= 4 is 56.5 Å². The molecule has 1 amide bonds. The summed E-state index contributed by atoms with van der Waals surface area (Å²) in [6, 6.07) is 11.8. The summed E-state index contributed by atoms with van der Waals surface area (Å²) in [7, 11) is 1.60. The Balaban J connectivity index is 1.89. The zero-order valence-corrected chi connectivity index (χ0v) is 17.6. The van der Waals surface area contributed by atoms with Gasteiger partial charge in [0.1, 0.15) is 5.75 Å². The largest absolute Gasteiger partial charge is 0.496 e. The zero-order chi connectivity index (χ0) is 20.3. The molecule has 0 spiro atoms. The average molecular weight is 461 g/mol. The summed E-state index contributed by atoms with van der Waals surface area (Å²) >= 11 is 4.74. The highest BCUT2D eigenvalue weighted by atomic mass is 79.9. The van der Waals surface area contributed by atoms with Gasteiger partial charge < -0.3 is 9.84 Å². The van der Waals surface area contributed by atoms with Gasteiger partial charge in [0, 0.05) is 6.54 Å². The molecule has 2 aromatic carbocycles. The molecule has 3 rings (SSSR count). The van der Waals surface area contributed by atoms with Crippen molar-refractivity contribution in [2.45, 2.75) is 6.92 Å². The van der Waals surface area contributed by atoms with Crippen LogP contribution in [0, 0.1) is 0 Å². The van der Waals surface area contributed by atoms with Crippen molar-refractivity contribution in [1.29, 1.82) is 0 Å². The number of methoxy groups -OCH3 is 1. The number of nitrogens with zero attached hydrogens (tertiary/aromatic N) is 2. The molecule has 0 unspecified atom stereocenters. The molecular weight excluding hydrogens is 444 g/mol. The first kappa shape index (κ1) is 20.2. The summed E-state index contributed by atoms with van der Waals surface area (Å²) in [6.45, 7) is 2.37. The van der Waals surface area contributed by atoms with Crippen LogP contribution in [-0.2, 0) is 4.79 Å². The van der Waals surface area contributed by atoms with E-state index in [0.717, 1.165) is 15.8 Å². The van der Waals surface area contributed by atoms with Crippen molar-refractivity contribution in [2.75, 3.05) is 13.7 Å².